The number of piperazine rings is 1. The largest absolute Gasteiger partial charge is 0.416 e. The number of hydrogen-bond donors (Lipinski definition) is 0. The number of benzene rings is 2. The summed E-state index contributed by atoms with van der Waals surface area (Å²) in [6, 6.07) is 12.8. The van der Waals surface area contributed by atoms with Crippen LogP contribution in [0.4, 0.5) is 18.9 Å². The van der Waals surface area contributed by atoms with Gasteiger partial charge in [-0.15, -0.1) is 0 Å². The summed E-state index contributed by atoms with van der Waals surface area (Å²) in [6.45, 7) is 3.17. The molecule has 0 atom stereocenters. The molecule has 1 fully saturated rings. The van der Waals surface area contributed by atoms with Crippen molar-refractivity contribution in [1.29, 1.82) is 0 Å². The number of amides is 1. The maximum Gasteiger partial charge on any atom is 0.416 e. The average molecular weight is 391 g/mol. The molecule has 1 aliphatic rings. The fraction of sp³-hybridized carbons (Fsp3) is 0.381. The van der Waals surface area contributed by atoms with E-state index in [2.05, 4.69) is 4.90 Å². The van der Waals surface area contributed by atoms with Gasteiger partial charge >= 0.3 is 6.18 Å². The highest BCUT2D eigenvalue weighted by Gasteiger charge is 2.30. The Labute approximate surface area is 163 Å². The number of alkyl halides is 3. The molecule has 0 unspecified atom stereocenters. The van der Waals surface area contributed by atoms with Crippen molar-refractivity contribution in [3.63, 3.8) is 0 Å². The standard InChI is InChI=1S/C21H24F3N3O/c1-25(2)19-5-3-4-17(14-19)20(28)27-12-10-26(11-13-27)15-16-6-8-18(9-7-16)21(22,23)24/h3-9,14H,10-13,15H2,1-2H3. The number of carbonyl (C=O) groups is 1. The van der Waals surface area contributed by atoms with Crippen molar-refractivity contribution in [3.8, 4) is 0 Å². The summed E-state index contributed by atoms with van der Waals surface area (Å²) in [6.07, 6.45) is -4.31. The van der Waals surface area contributed by atoms with Gasteiger partial charge < -0.3 is 9.80 Å². The number of hydrogen-bond acceptors (Lipinski definition) is 3. The van der Waals surface area contributed by atoms with Crippen LogP contribution in [0.5, 0.6) is 0 Å². The predicted octanol–water partition coefficient (Wildman–Crippen LogP) is 3.73. The summed E-state index contributed by atoms with van der Waals surface area (Å²) in [7, 11) is 3.87. The van der Waals surface area contributed by atoms with Crippen molar-refractivity contribution in [2.45, 2.75) is 12.7 Å². The van der Waals surface area contributed by atoms with Crippen LogP contribution in [-0.2, 0) is 12.7 Å². The van der Waals surface area contributed by atoms with Crippen LogP contribution in [0, 0.1) is 0 Å². The van der Waals surface area contributed by atoms with Crippen LogP contribution >= 0.6 is 0 Å². The highest BCUT2D eigenvalue weighted by molar-refractivity contribution is 5.95. The van der Waals surface area contributed by atoms with E-state index in [1.165, 1.54) is 12.1 Å². The van der Waals surface area contributed by atoms with Crippen LogP contribution in [0.1, 0.15) is 21.5 Å². The molecule has 7 heteroatoms. The number of carbonyl (C=O) groups excluding carboxylic acids is 1. The molecule has 0 spiro atoms. The van der Waals surface area contributed by atoms with Gasteiger partial charge in [-0.1, -0.05) is 18.2 Å². The molecule has 0 aromatic heterocycles. The summed E-state index contributed by atoms with van der Waals surface area (Å²) < 4.78 is 38.0. The van der Waals surface area contributed by atoms with Crippen LogP contribution in [-0.4, -0.2) is 56.0 Å². The number of halogens is 3. The van der Waals surface area contributed by atoms with E-state index in [0.717, 1.165) is 23.4 Å². The van der Waals surface area contributed by atoms with Crippen LogP contribution in [0.15, 0.2) is 48.5 Å². The molecule has 0 radical (unpaired) electrons. The molecule has 1 amide bonds. The molecular weight excluding hydrogens is 367 g/mol. The van der Waals surface area contributed by atoms with Crippen LogP contribution < -0.4 is 4.90 Å². The lowest BCUT2D eigenvalue weighted by Gasteiger charge is -2.35. The zero-order valence-corrected chi connectivity index (χ0v) is 16.0. The summed E-state index contributed by atoms with van der Waals surface area (Å²) in [5.74, 6) is 0.0119. The molecule has 1 aliphatic heterocycles. The van der Waals surface area contributed by atoms with Crippen molar-refractivity contribution < 1.29 is 18.0 Å². The van der Waals surface area contributed by atoms with E-state index >= 15 is 0 Å². The Hall–Kier alpha value is -2.54. The molecule has 2 aromatic carbocycles. The lowest BCUT2D eigenvalue weighted by Crippen LogP contribution is -2.48. The molecule has 0 aliphatic carbocycles. The van der Waals surface area contributed by atoms with E-state index in [0.29, 0.717) is 38.3 Å². The predicted molar refractivity (Wildman–Crippen MR) is 103 cm³/mol. The Bertz CT molecular complexity index is 810. The molecule has 3 rings (SSSR count). The third-order valence-corrected chi connectivity index (χ3v) is 4.96. The van der Waals surface area contributed by atoms with Gasteiger partial charge in [0.2, 0.25) is 0 Å². The molecule has 150 valence electrons. The Morgan fingerprint density at radius 3 is 2.21 bits per heavy atom. The average Bonchev–Trinajstić information content (AvgIpc) is 2.68. The van der Waals surface area contributed by atoms with Crippen LogP contribution in [0.25, 0.3) is 0 Å². The first-order valence-electron chi connectivity index (χ1n) is 9.19. The second-order valence-corrected chi connectivity index (χ2v) is 7.21. The molecule has 1 heterocycles. The molecule has 1 saturated heterocycles. The first kappa shape index (κ1) is 20.2. The van der Waals surface area contributed by atoms with Gasteiger partial charge in [0.25, 0.3) is 5.91 Å². The molecular formula is C21H24F3N3O. The second kappa shape index (κ2) is 8.22. The summed E-state index contributed by atoms with van der Waals surface area (Å²) in [4.78, 5) is 18.7. The third kappa shape index (κ3) is 4.84. The topological polar surface area (TPSA) is 26.8 Å². The number of nitrogens with zero attached hydrogens (tertiary/aromatic N) is 3. The summed E-state index contributed by atoms with van der Waals surface area (Å²) in [5, 5.41) is 0. The van der Waals surface area contributed by atoms with Crippen molar-refractivity contribution >= 4 is 11.6 Å². The van der Waals surface area contributed by atoms with Gasteiger partial charge in [0.1, 0.15) is 0 Å². The Balaban J connectivity index is 1.55. The van der Waals surface area contributed by atoms with Crippen molar-refractivity contribution in [2.75, 3.05) is 45.2 Å². The van der Waals surface area contributed by atoms with Gasteiger partial charge in [0.05, 0.1) is 5.56 Å². The SMILES string of the molecule is CN(C)c1cccc(C(=O)N2CCN(Cc3ccc(C(F)(F)F)cc3)CC2)c1. The first-order valence-corrected chi connectivity index (χ1v) is 9.19. The van der Waals surface area contributed by atoms with E-state index in [1.807, 2.05) is 48.2 Å². The number of rotatable bonds is 4. The maximum absolute atomic E-state index is 12.8. The molecule has 28 heavy (non-hydrogen) atoms. The first-order chi connectivity index (χ1) is 13.2. The minimum absolute atomic E-state index is 0.0119. The third-order valence-electron chi connectivity index (χ3n) is 4.96. The molecule has 0 N–H and O–H groups in total. The van der Waals surface area contributed by atoms with E-state index in [9.17, 15) is 18.0 Å². The van der Waals surface area contributed by atoms with Crippen molar-refractivity contribution in [1.82, 2.24) is 9.80 Å². The van der Waals surface area contributed by atoms with Gasteiger partial charge in [0.15, 0.2) is 0 Å². The lowest BCUT2D eigenvalue weighted by atomic mass is 10.1. The van der Waals surface area contributed by atoms with Gasteiger partial charge in [0, 0.05) is 58.1 Å². The Morgan fingerprint density at radius 2 is 1.64 bits per heavy atom. The highest BCUT2D eigenvalue weighted by Crippen LogP contribution is 2.29. The van der Waals surface area contributed by atoms with E-state index in [1.54, 1.807) is 0 Å². The van der Waals surface area contributed by atoms with Gasteiger partial charge in [-0.3, -0.25) is 9.69 Å². The van der Waals surface area contributed by atoms with Gasteiger partial charge in [-0.2, -0.15) is 13.2 Å². The quantitative estimate of drug-likeness (QED) is 0.795. The summed E-state index contributed by atoms with van der Waals surface area (Å²) >= 11 is 0. The Morgan fingerprint density at radius 1 is 1.00 bits per heavy atom. The molecule has 2 aromatic rings. The van der Waals surface area contributed by atoms with E-state index in [-0.39, 0.29) is 5.91 Å². The van der Waals surface area contributed by atoms with Crippen molar-refractivity contribution in [3.05, 3.63) is 65.2 Å². The molecule has 0 saturated carbocycles. The van der Waals surface area contributed by atoms with E-state index in [4.69, 9.17) is 0 Å². The van der Waals surface area contributed by atoms with Crippen molar-refractivity contribution in [2.24, 2.45) is 0 Å². The zero-order chi connectivity index (χ0) is 20.3. The second-order valence-electron chi connectivity index (χ2n) is 7.21. The fourth-order valence-corrected chi connectivity index (χ4v) is 3.27. The highest BCUT2D eigenvalue weighted by atomic mass is 19.4. The zero-order valence-electron chi connectivity index (χ0n) is 16.0. The monoisotopic (exact) mass is 391 g/mol. The van der Waals surface area contributed by atoms with E-state index < -0.39 is 11.7 Å². The van der Waals surface area contributed by atoms with Crippen LogP contribution in [0.3, 0.4) is 0 Å². The lowest BCUT2D eigenvalue weighted by molar-refractivity contribution is -0.137. The minimum Gasteiger partial charge on any atom is -0.378 e. The summed E-state index contributed by atoms with van der Waals surface area (Å²) in [5.41, 5.74) is 1.85. The van der Waals surface area contributed by atoms with Crippen LogP contribution in [0.2, 0.25) is 0 Å². The smallest absolute Gasteiger partial charge is 0.378 e. The van der Waals surface area contributed by atoms with Gasteiger partial charge in [-0.25, -0.2) is 0 Å². The Kier molecular flexibility index (Phi) is 5.93. The maximum atomic E-state index is 12.8. The number of anilines is 1. The molecule has 0 bridgehead atoms. The normalized spacial score (nSPS) is 15.5. The fourth-order valence-electron chi connectivity index (χ4n) is 3.27. The molecule has 4 nitrogen and oxygen atoms in total. The van der Waals surface area contributed by atoms with Gasteiger partial charge in [-0.05, 0) is 35.9 Å². The minimum atomic E-state index is -4.31.